The number of aromatic nitrogens is 4. The number of hydrogen-bond donors (Lipinski definition) is 1. The molecule has 3 aromatic heterocycles. The zero-order valence-electron chi connectivity index (χ0n) is 15.7. The van der Waals surface area contributed by atoms with Gasteiger partial charge in [-0.15, -0.1) is 16.4 Å². The van der Waals surface area contributed by atoms with E-state index in [1.54, 1.807) is 0 Å². The normalized spacial score (nSPS) is 11.7. The van der Waals surface area contributed by atoms with E-state index < -0.39 is 0 Å². The van der Waals surface area contributed by atoms with Gasteiger partial charge in [-0.25, -0.2) is 9.55 Å². The number of hydrogen-bond acceptors (Lipinski definition) is 5. The van der Waals surface area contributed by atoms with Crippen LogP contribution in [-0.4, -0.2) is 25.7 Å². The third-order valence-electron chi connectivity index (χ3n) is 4.86. The van der Waals surface area contributed by atoms with Gasteiger partial charge in [-0.2, -0.15) is 4.52 Å². The molecular formula is C21H18ClN5OS. The van der Waals surface area contributed by atoms with Gasteiger partial charge in [0.05, 0.1) is 11.2 Å². The van der Waals surface area contributed by atoms with E-state index in [0.717, 1.165) is 35.2 Å². The molecule has 5 aromatic rings. The number of nitrogens with zero attached hydrogens (tertiary/aromatic N) is 4. The minimum atomic E-state index is -0.155. The zero-order valence-corrected chi connectivity index (χ0v) is 17.3. The highest BCUT2D eigenvalue weighted by atomic mass is 35.5. The lowest BCUT2D eigenvalue weighted by molar-refractivity contribution is 0.819. The standard InChI is InChI=1S/C21H18ClN5OS/c1-2-3-12-23-20-25-27-19(28)18-17(15-6-4-5-7-16(15)29-18)24-21(27)26(20)14-10-8-13(22)9-11-14/h4-11H,2-3,12H2,1H3,(H,23,25). The van der Waals surface area contributed by atoms with E-state index in [1.165, 1.54) is 15.9 Å². The third-order valence-corrected chi connectivity index (χ3v) is 6.26. The molecule has 0 aliphatic heterocycles. The molecule has 2 aromatic carbocycles. The predicted molar refractivity (Wildman–Crippen MR) is 120 cm³/mol. The van der Waals surface area contributed by atoms with Crippen LogP contribution >= 0.6 is 22.9 Å². The molecule has 0 amide bonds. The minimum absolute atomic E-state index is 0.155. The molecule has 1 N–H and O–H groups in total. The molecular weight excluding hydrogens is 406 g/mol. The largest absolute Gasteiger partial charge is 0.354 e. The van der Waals surface area contributed by atoms with Crippen LogP contribution in [0.15, 0.2) is 53.3 Å². The topological polar surface area (TPSA) is 64.2 Å². The van der Waals surface area contributed by atoms with Gasteiger partial charge < -0.3 is 5.32 Å². The summed E-state index contributed by atoms with van der Waals surface area (Å²) in [6.45, 7) is 2.90. The second-order valence-electron chi connectivity index (χ2n) is 6.82. The monoisotopic (exact) mass is 423 g/mol. The number of halogens is 1. The Balaban J connectivity index is 1.83. The zero-order chi connectivity index (χ0) is 20.0. The summed E-state index contributed by atoms with van der Waals surface area (Å²) in [6.07, 6.45) is 2.07. The number of thiophene rings is 1. The highest BCUT2D eigenvalue weighted by Crippen LogP contribution is 2.31. The lowest BCUT2D eigenvalue weighted by Gasteiger charge is -2.09. The quantitative estimate of drug-likeness (QED) is 0.399. The highest BCUT2D eigenvalue weighted by molar-refractivity contribution is 7.25. The number of nitrogens with one attached hydrogen (secondary N) is 1. The molecule has 0 saturated carbocycles. The summed E-state index contributed by atoms with van der Waals surface area (Å²) in [4.78, 5) is 18.1. The molecule has 0 aliphatic carbocycles. The second kappa shape index (κ2) is 7.17. The summed E-state index contributed by atoms with van der Waals surface area (Å²) in [5.41, 5.74) is 1.40. The maximum absolute atomic E-state index is 13.2. The molecule has 0 radical (unpaired) electrons. The minimum Gasteiger partial charge on any atom is -0.354 e. The van der Waals surface area contributed by atoms with Crippen molar-refractivity contribution in [2.75, 3.05) is 11.9 Å². The van der Waals surface area contributed by atoms with Crippen molar-refractivity contribution >= 4 is 55.0 Å². The van der Waals surface area contributed by atoms with Crippen molar-refractivity contribution in [1.82, 2.24) is 19.2 Å². The Morgan fingerprint density at radius 3 is 2.72 bits per heavy atom. The Labute approximate surface area is 175 Å². The van der Waals surface area contributed by atoms with Crippen molar-refractivity contribution in [2.45, 2.75) is 19.8 Å². The van der Waals surface area contributed by atoms with E-state index in [2.05, 4.69) is 17.3 Å². The summed E-state index contributed by atoms with van der Waals surface area (Å²) < 4.78 is 4.92. The van der Waals surface area contributed by atoms with Crippen LogP contribution in [0.2, 0.25) is 5.02 Å². The van der Waals surface area contributed by atoms with Crippen LogP contribution in [0.4, 0.5) is 5.95 Å². The van der Waals surface area contributed by atoms with Gasteiger partial charge in [0.1, 0.15) is 4.70 Å². The summed E-state index contributed by atoms with van der Waals surface area (Å²) in [7, 11) is 0. The number of benzene rings is 2. The summed E-state index contributed by atoms with van der Waals surface area (Å²) in [5, 5.41) is 9.55. The van der Waals surface area contributed by atoms with Gasteiger partial charge in [0.25, 0.3) is 5.56 Å². The van der Waals surface area contributed by atoms with Gasteiger partial charge in [-0.1, -0.05) is 43.1 Å². The van der Waals surface area contributed by atoms with Crippen molar-refractivity contribution in [3.63, 3.8) is 0 Å². The molecule has 8 heteroatoms. The molecule has 0 saturated heterocycles. The Morgan fingerprint density at radius 1 is 1.14 bits per heavy atom. The molecule has 5 rings (SSSR count). The van der Waals surface area contributed by atoms with Crippen molar-refractivity contribution in [3.8, 4) is 5.69 Å². The van der Waals surface area contributed by atoms with Crippen LogP contribution in [-0.2, 0) is 0 Å². The Kier molecular flexibility index (Phi) is 4.49. The second-order valence-corrected chi connectivity index (χ2v) is 8.31. The summed E-state index contributed by atoms with van der Waals surface area (Å²) in [6, 6.07) is 15.4. The van der Waals surface area contributed by atoms with Crippen LogP contribution in [0.25, 0.3) is 31.8 Å². The van der Waals surface area contributed by atoms with Crippen molar-refractivity contribution < 1.29 is 0 Å². The van der Waals surface area contributed by atoms with Gasteiger partial charge >= 0.3 is 0 Å². The molecule has 29 heavy (non-hydrogen) atoms. The predicted octanol–water partition coefficient (Wildman–Crippen LogP) is 5.11. The Hall–Kier alpha value is -2.90. The van der Waals surface area contributed by atoms with Gasteiger partial charge in [-0.3, -0.25) is 4.79 Å². The smallest absolute Gasteiger partial charge is 0.293 e. The Morgan fingerprint density at radius 2 is 1.93 bits per heavy atom. The average molecular weight is 424 g/mol. The summed E-state index contributed by atoms with van der Waals surface area (Å²) >= 11 is 7.53. The fourth-order valence-corrected chi connectivity index (χ4v) is 4.60. The number of fused-ring (bicyclic) bond motifs is 4. The van der Waals surface area contributed by atoms with E-state index in [4.69, 9.17) is 16.6 Å². The van der Waals surface area contributed by atoms with Crippen LogP contribution in [0.3, 0.4) is 0 Å². The lowest BCUT2D eigenvalue weighted by Crippen LogP contribution is -2.15. The number of rotatable bonds is 5. The van der Waals surface area contributed by atoms with Gasteiger partial charge in [-0.05, 0) is 36.8 Å². The fourth-order valence-electron chi connectivity index (χ4n) is 3.41. The van der Waals surface area contributed by atoms with Crippen LogP contribution in [0.5, 0.6) is 0 Å². The first kappa shape index (κ1) is 18.1. The van der Waals surface area contributed by atoms with Crippen LogP contribution < -0.4 is 10.9 Å². The van der Waals surface area contributed by atoms with E-state index in [9.17, 15) is 4.79 Å². The highest BCUT2D eigenvalue weighted by Gasteiger charge is 2.19. The maximum atomic E-state index is 13.2. The molecule has 0 unspecified atom stereocenters. The SMILES string of the molecule is CCCCNc1nn2c(=O)c3sc4ccccc4c3nc2n1-c1ccc(Cl)cc1. The molecule has 6 nitrogen and oxygen atoms in total. The van der Waals surface area contributed by atoms with Crippen LogP contribution in [0.1, 0.15) is 19.8 Å². The average Bonchev–Trinajstić information content (AvgIpc) is 3.28. The molecule has 0 spiro atoms. The first-order valence-corrected chi connectivity index (χ1v) is 10.7. The molecule has 0 fully saturated rings. The van der Waals surface area contributed by atoms with E-state index >= 15 is 0 Å². The number of anilines is 1. The van der Waals surface area contributed by atoms with E-state index in [1.807, 2.05) is 53.1 Å². The van der Waals surface area contributed by atoms with E-state index in [-0.39, 0.29) is 5.56 Å². The molecule has 3 heterocycles. The first-order chi connectivity index (χ1) is 14.2. The van der Waals surface area contributed by atoms with Gasteiger partial charge in [0.15, 0.2) is 0 Å². The molecule has 0 aliphatic rings. The molecule has 0 atom stereocenters. The van der Waals surface area contributed by atoms with Crippen LogP contribution in [0, 0.1) is 0 Å². The van der Waals surface area contributed by atoms with E-state index in [0.29, 0.717) is 27.0 Å². The Bertz CT molecular complexity index is 1400. The molecule has 146 valence electrons. The maximum Gasteiger partial charge on any atom is 0.293 e. The summed E-state index contributed by atoms with van der Waals surface area (Å²) in [5.74, 6) is 1.07. The van der Waals surface area contributed by atoms with Gasteiger partial charge in [0, 0.05) is 21.7 Å². The lowest BCUT2D eigenvalue weighted by atomic mass is 10.2. The van der Waals surface area contributed by atoms with Gasteiger partial charge in [0.2, 0.25) is 11.7 Å². The van der Waals surface area contributed by atoms with Crippen molar-refractivity contribution in [1.29, 1.82) is 0 Å². The first-order valence-electron chi connectivity index (χ1n) is 9.50. The third kappa shape index (κ3) is 2.97. The number of unbranched alkanes of at least 4 members (excludes halogenated alkanes) is 1. The fraction of sp³-hybridized carbons (Fsp3) is 0.190. The van der Waals surface area contributed by atoms with Crippen molar-refractivity contribution in [2.24, 2.45) is 0 Å². The molecule has 0 bridgehead atoms. The van der Waals surface area contributed by atoms with Crippen molar-refractivity contribution in [3.05, 3.63) is 63.9 Å².